The van der Waals surface area contributed by atoms with Gasteiger partial charge in [0.1, 0.15) is 18.3 Å². The summed E-state index contributed by atoms with van der Waals surface area (Å²) < 4.78 is 19.3. The van der Waals surface area contributed by atoms with E-state index >= 15 is 0 Å². The first-order valence-electron chi connectivity index (χ1n) is 21.4. The molecule has 2 rings (SSSR count). The molecule has 4 unspecified atom stereocenters. The Morgan fingerprint density at radius 3 is 1.44 bits per heavy atom. The van der Waals surface area contributed by atoms with Crippen LogP contribution in [0.2, 0.25) is 0 Å². The van der Waals surface area contributed by atoms with Gasteiger partial charge in [-0.2, -0.15) is 0 Å². The molecule has 0 aliphatic carbocycles. The zero-order valence-electron chi connectivity index (χ0n) is 33.3. The molecular weight excluding hydrogens is 618 g/mol. The molecule has 0 aromatic carbocycles. The highest BCUT2D eigenvalue weighted by Gasteiger charge is 2.52. The molecule has 0 radical (unpaired) electrons. The van der Waals surface area contributed by atoms with Crippen molar-refractivity contribution in [3.8, 4) is 0 Å². The topological polar surface area (TPSA) is 51.2 Å². The van der Waals surface area contributed by atoms with Crippen LogP contribution < -0.4 is 0 Å². The number of ether oxygens (including phenoxy) is 3. The SMILES string of the molecule is CCCCCC=CCC=CCCCCCCCCC1(CCCCCCCCC=CCC=CCCCCC)OC2CN(C)CC(OC)C(O)C2O1. The average molecular weight is 700 g/mol. The number of rotatable bonds is 31. The Labute approximate surface area is 310 Å². The number of allylic oxidation sites excluding steroid dienone is 8. The third kappa shape index (κ3) is 20.7. The molecule has 5 heteroatoms. The van der Waals surface area contributed by atoms with E-state index in [2.05, 4.69) is 74.4 Å². The van der Waals surface area contributed by atoms with Crippen molar-refractivity contribution >= 4 is 0 Å². The Balaban J connectivity index is 1.67. The summed E-state index contributed by atoms with van der Waals surface area (Å²) in [6.45, 7) is 5.99. The molecule has 0 aromatic heterocycles. The lowest BCUT2D eigenvalue weighted by molar-refractivity contribution is -0.202. The van der Waals surface area contributed by atoms with Crippen molar-refractivity contribution in [2.45, 2.75) is 211 Å². The van der Waals surface area contributed by atoms with Gasteiger partial charge in [0.2, 0.25) is 0 Å². The van der Waals surface area contributed by atoms with Crippen LogP contribution in [0.15, 0.2) is 48.6 Å². The number of aliphatic hydroxyl groups is 1. The van der Waals surface area contributed by atoms with Crippen LogP contribution in [0.4, 0.5) is 0 Å². The minimum Gasteiger partial charge on any atom is -0.388 e. The maximum Gasteiger partial charge on any atom is 0.169 e. The van der Waals surface area contributed by atoms with Crippen LogP contribution in [-0.4, -0.2) is 67.5 Å². The predicted octanol–water partition coefficient (Wildman–Crippen LogP) is 12.2. The van der Waals surface area contributed by atoms with Gasteiger partial charge in [0.05, 0.1) is 6.10 Å². The monoisotopic (exact) mass is 700 g/mol. The van der Waals surface area contributed by atoms with E-state index in [1.807, 2.05) is 0 Å². The van der Waals surface area contributed by atoms with E-state index < -0.39 is 11.9 Å². The molecule has 0 amide bonds. The summed E-state index contributed by atoms with van der Waals surface area (Å²) in [5.41, 5.74) is 0. The summed E-state index contributed by atoms with van der Waals surface area (Å²) in [5.74, 6) is -0.572. The second kappa shape index (κ2) is 30.2. The minimum atomic E-state index is -0.663. The number of likely N-dealkylation sites (tertiary alicyclic amines) is 1. The van der Waals surface area contributed by atoms with Crippen molar-refractivity contribution in [1.29, 1.82) is 0 Å². The number of fused-ring (bicyclic) bond motifs is 1. The Morgan fingerprint density at radius 2 is 1.00 bits per heavy atom. The highest BCUT2D eigenvalue weighted by atomic mass is 16.8. The van der Waals surface area contributed by atoms with Crippen molar-refractivity contribution in [2.75, 3.05) is 27.2 Å². The Morgan fingerprint density at radius 1 is 0.580 bits per heavy atom. The normalized spacial score (nSPS) is 24.8. The fourth-order valence-electron chi connectivity index (χ4n) is 7.47. The molecule has 2 fully saturated rings. The standard InChI is InChI=1S/C45H81NO4/c1-5-7-9-11-13-15-17-19-21-23-25-27-29-31-33-35-37-45(49-42-40-46(3)39-41(48-4)43(47)44(42)50-45)38-36-34-32-30-28-26-24-22-20-18-16-14-12-10-8-6-2/h13-16,19-22,41-44,47H,5-12,17-18,23-40H2,1-4H3. The summed E-state index contributed by atoms with van der Waals surface area (Å²) >= 11 is 0. The number of hydrogen-bond acceptors (Lipinski definition) is 5. The summed E-state index contributed by atoms with van der Waals surface area (Å²) in [5, 5.41) is 11.2. The fraction of sp³-hybridized carbons (Fsp3) is 0.822. The van der Waals surface area contributed by atoms with E-state index in [-0.39, 0.29) is 18.3 Å². The van der Waals surface area contributed by atoms with Gasteiger partial charge in [-0.15, -0.1) is 0 Å². The lowest BCUT2D eigenvalue weighted by Crippen LogP contribution is -2.44. The first-order valence-corrected chi connectivity index (χ1v) is 21.4. The van der Waals surface area contributed by atoms with Crippen molar-refractivity contribution in [3.63, 3.8) is 0 Å². The summed E-state index contributed by atoms with van der Waals surface area (Å²) in [6, 6.07) is 0. The molecule has 2 aliphatic heterocycles. The van der Waals surface area contributed by atoms with E-state index in [0.717, 1.165) is 45.1 Å². The van der Waals surface area contributed by atoms with Gasteiger partial charge in [-0.1, -0.05) is 140 Å². The third-order valence-electron chi connectivity index (χ3n) is 10.6. The number of likely N-dealkylation sites (N-methyl/N-ethyl adjacent to an activating group) is 1. The van der Waals surface area contributed by atoms with Gasteiger partial charge in [0.25, 0.3) is 0 Å². The third-order valence-corrected chi connectivity index (χ3v) is 10.6. The Bertz CT molecular complexity index is 850. The zero-order valence-corrected chi connectivity index (χ0v) is 33.3. The van der Waals surface area contributed by atoms with Crippen LogP contribution in [0.1, 0.15) is 181 Å². The number of unbranched alkanes of at least 4 members (excludes halogenated alkanes) is 18. The lowest BCUT2D eigenvalue weighted by Gasteiger charge is -2.31. The molecule has 4 atom stereocenters. The lowest BCUT2D eigenvalue weighted by atomic mass is 9.98. The molecular formula is C45H81NO4. The predicted molar refractivity (Wildman–Crippen MR) is 215 cm³/mol. The molecule has 2 aliphatic rings. The molecule has 1 N–H and O–H groups in total. The van der Waals surface area contributed by atoms with Gasteiger partial charge in [-0.3, -0.25) is 0 Å². The van der Waals surface area contributed by atoms with Crippen LogP contribution in [-0.2, 0) is 14.2 Å². The van der Waals surface area contributed by atoms with Crippen molar-refractivity contribution in [1.82, 2.24) is 4.90 Å². The number of nitrogens with zero attached hydrogens (tertiary/aromatic N) is 1. The molecule has 290 valence electrons. The van der Waals surface area contributed by atoms with Crippen LogP contribution in [0.25, 0.3) is 0 Å². The smallest absolute Gasteiger partial charge is 0.169 e. The summed E-state index contributed by atoms with van der Waals surface area (Å²) in [4.78, 5) is 2.22. The average Bonchev–Trinajstić information content (AvgIpc) is 3.42. The number of methoxy groups -OCH3 is 1. The fourth-order valence-corrected chi connectivity index (χ4v) is 7.47. The second-order valence-electron chi connectivity index (χ2n) is 15.3. The van der Waals surface area contributed by atoms with Gasteiger partial charge < -0.3 is 24.2 Å². The quantitative estimate of drug-likeness (QED) is 0.0576. The largest absolute Gasteiger partial charge is 0.388 e. The molecule has 5 nitrogen and oxygen atoms in total. The first kappa shape index (κ1) is 44.9. The molecule has 0 saturated carbocycles. The Kier molecular flexibility index (Phi) is 27.2. The van der Waals surface area contributed by atoms with Crippen LogP contribution in [0.3, 0.4) is 0 Å². The van der Waals surface area contributed by atoms with E-state index in [1.54, 1.807) is 7.11 Å². The summed E-state index contributed by atoms with van der Waals surface area (Å²) in [6.07, 6.45) is 49.2. The zero-order chi connectivity index (χ0) is 36.0. The van der Waals surface area contributed by atoms with E-state index in [1.165, 1.54) is 128 Å². The van der Waals surface area contributed by atoms with E-state index in [9.17, 15) is 5.11 Å². The Hall–Kier alpha value is -1.24. The molecule has 2 heterocycles. The van der Waals surface area contributed by atoms with E-state index in [4.69, 9.17) is 14.2 Å². The number of aliphatic hydroxyl groups excluding tert-OH is 1. The van der Waals surface area contributed by atoms with Gasteiger partial charge in [0, 0.05) is 33.0 Å². The maximum atomic E-state index is 11.2. The molecule has 0 aromatic rings. The second-order valence-corrected chi connectivity index (χ2v) is 15.3. The molecule has 0 spiro atoms. The van der Waals surface area contributed by atoms with Gasteiger partial charge in [0.15, 0.2) is 5.79 Å². The highest BCUT2D eigenvalue weighted by Crippen LogP contribution is 2.40. The van der Waals surface area contributed by atoms with Gasteiger partial charge >= 0.3 is 0 Å². The molecule has 0 bridgehead atoms. The van der Waals surface area contributed by atoms with Gasteiger partial charge in [-0.05, 0) is 84.1 Å². The maximum absolute atomic E-state index is 11.2. The molecule has 2 saturated heterocycles. The highest BCUT2D eigenvalue weighted by molar-refractivity contribution is 4.97. The molecule has 50 heavy (non-hydrogen) atoms. The van der Waals surface area contributed by atoms with E-state index in [0.29, 0.717) is 6.54 Å². The van der Waals surface area contributed by atoms with Crippen LogP contribution in [0.5, 0.6) is 0 Å². The number of hydrogen-bond donors (Lipinski definition) is 1. The first-order chi connectivity index (χ1) is 24.5. The summed E-state index contributed by atoms with van der Waals surface area (Å²) in [7, 11) is 3.79. The van der Waals surface area contributed by atoms with Crippen molar-refractivity contribution in [3.05, 3.63) is 48.6 Å². The van der Waals surface area contributed by atoms with Crippen molar-refractivity contribution < 1.29 is 19.3 Å². The van der Waals surface area contributed by atoms with Crippen LogP contribution in [0, 0.1) is 0 Å². The van der Waals surface area contributed by atoms with Crippen molar-refractivity contribution in [2.24, 2.45) is 0 Å². The van der Waals surface area contributed by atoms with Crippen LogP contribution >= 0.6 is 0 Å². The minimum absolute atomic E-state index is 0.107. The van der Waals surface area contributed by atoms with Gasteiger partial charge in [-0.25, -0.2) is 0 Å².